The molecule has 1 amide bonds. The van der Waals surface area contributed by atoms with E-state index < -0.39 is 5.60 Å². The highest BCUT2D eigenvalue weighted by molar-refractivity contribution is 7.98. The number of carbonyl (C=O) groups is 1. The monoisotopic (exact) mass is 320 g/mol. The number of nitrogens with zero attached hydrogens (tertiary/aromatic N) is 1. The Morgan fingerprint density at radius 2 is 2.18 bits per heavy atom. The van der Waals surface area contributed by atoms with Gasteiger partial charge in [0.05, 0.1) is 5.69 Å². The quantitative estimate of drug-likeness (QED) is 0.796. The first kappa shape index (κ1) is 15.5. The molecule has 0 bridgehead atoms. The Balaban J connectivity index is 1.78. The molecule has 1 fully saturated rings. The number of likely N-dealkylation sites (tertiary alicyclic amines) is 1. The average Bonchev–Trinajstić information content (AvgIpc) is 2.83. The SMILES string of the molecule is CSc1cccc2c1N[C@@H]1CCN(C(=O)OC(C)(C)C)C[C@H]21. The van der Waals surface area contributed by atoms with Crippen LogP contribution in [-0.4, -0.2) is 42.0 Å². The fourth-order valence-electron chi connectivity index (χ4n) is 3.30. The minimum atomic E-state index is -0.439. The van der Waals surface area contributed by atoms with Crippen molar-refractivity contribution in [2.24, 2.45) is 0 Å². The molecule has 1 aromatic carbocycles. The van der Waals surface area contributed by atoms with E-state index in [2.05, 4.69) is 29.8 Å². The smallest absolute Gasteiger partial charge is 0.410 e. The topological polar surface area (TPSA) is 41.6 Å². The maximum Gasteiger partial charge on any atom is 0.410 e. The van der Waals surface area contributed by atoms with E-state index >= 15 is 0 Å². The van der Waals surface area contributed by atoms with Crippen molar-refractivity contribution in [2.45, 2.75) is 49.6 Å². The highest BCUT2D eigenvalue weighted by Gasteiger charge is 2.39. The molecular formula is C17H24N2O2S. The summed E-state index contributed by atoms with van der Waals surface area (Å²) in [5.41, 5.74) is 2.16. The summed E-state index contributed by atoms with van der Waals surface area (Å²) >= 11 is 1.77. The predicted octanol–water partition coefficient (Wildman–Crippen LogP) is 3.93. The molecule has 0 spiro atoms. The van der Waals surface area contributed by atoms with E-state index in [4.69, 9.17) is 4.74 Å². The molecule has 2 heterocycles. The second-order valence-corrected chi connectivity index (χ2v) is 7.84. The third-order valence-corrected chi connectivity index (χ3v) is 5.05. The van der Waals surface area contributed by atoms with Gasteiger partial charge in [-0.2, -0.15) is 0 Å². The van der Waals surface area contributed by atoms with Crippen LogP contribution in [-0.2, 0) is 4.74 Å². The number of rotatable bonds is 1. The molecule has 2 atom stereocenters. The lowest BCUT2D eigenvalue weighted by molar-refractivity contribution is 0.0195. The van der Waals surface area contributed by atoms with Gasteiger partial charge in [0.15, 0.2) is 0 Å². The Morgan fingerprint density at radius 1 is 1.41 bits per heavy atom. The van der Waals surface area contributed by atoms with E-state index in [0.29, 0.717) is 12.0 Å². The fourth-order valence-corrected chi connectivity index (χ4v) is 3.89. The van der Waals surface area contributed by atoms with Crippen LogP contribution in [0, 0.1) is 0 Å². The summed E-state index contributed by atoms with van der Waals surface area (Å²) < 4.78 is 5.52. The molecule has 1 saturated heterocycles. The van der Waals surface area contributed by atoms with Gasteiger partial charge in [0.1, 0.15) is 5.60 Å². The lowest BCUT2D eigenvalue weighted by Crippen LogP contribution is -2.46. The third kappa shape index (κ3) is 2.91. The number of thioether (sulfide) groups is 1. The van der Waals surface area contributed by atoms with Crippen molar-refractivity contribution in [3.63, 3.8) is 0 Å². The highest BCUT2D eigenvalue weighted by Crippen LogP contribution is 2.44. The zero-order valence-corrected chi connectivity index (χ0v) is 14.5. The first-order valence-corrected chi connectivity index (χ1v) is 9.03. The van der Waals surface area contributed by atoms with E-state index in [9.17, 15) is 4.79 Å². The van der Waals surface area contributed by atoms with Crippen LogP contribution in [0.2, 0.25) is 0 Å². The standard InChI is InChI=1S/C17H24N2O2S/c1-17(2,3)21-16(20)19-9-8-13-12(10-19)11-6-5-7-14(22-4)15(11)18-13/h5-7,12-13,18H,8-10H2,1-4H3/t12-,13-/m1/s1. The number of anilines is 1. The molecule has 0 aliphatic carbocycles. The Hall–Kier alpha value is -1.36. The largest absolute Gasteiger partial charge is 0.444 e. The van der Waals surface area contributed by atoms with Crippen LogP contribution in [0.5, 0.6) is 0 Å². The van der Waals surface area contributed by atoms with Gasteiger partial charge in [-0.3, -0.25) is 0 Å². The number of hydrogen-bond acceptors (Lipinski definition) is 4. The van der Waals surface area contributed by atoms with Crippen LogP contribution >= 0.6 is 11.8 Å². The normalized spacial score (nSPS) is 23.5. The Bertz CT molecular complexity index is 583. The van der Waals surface area contributed by atoms with E-state index in [1.807, 2.05) is 25.7 Å². The first-order valence-electron chi connectivity index (χ1n) is 7.80. The van der Waals surface area contributed by atoms with Gasteiger partial charge in [-0.1, -0.05) is 12.1 Å². The molecule has 2 aliphatic rings. The van der Waals surface area contributed by atoms with Gasteiger partial charge < -0.3 is 15.0 Å². The highest BCUT2D eigenvalue weighted by atomic mass is 32.2. The van der Waals surface area contributed by atoms with Crippen LogP contribution in [0.4, 0.5) is 10.5 Å². The summed E-state index contributed by atoms with van der Waals surface area (Å²) in [5.74, 6) is 0.364. The molecule has 5 heteroatoms. The second kappa shape index (κ2) is 5.69. The Kier molecular flexibility index (Phi) is 4.02. The van der Waals surface area contributed by atoms with Crippen LogP contribution in [0.15, 0.2) is 23.1 Å². The third-order valence-electron chi connectivity index (χ3n) is 4.27. The number of piperidine rings is 1. The molecule has 3 rings (SSSR count). The lowest BCUT2D eigenvalue weighted by Gasteiger charge is -2.36. The number of nitrogens with one attached hydrogen (secondary N) is 1. The molecule has 0 unspecified atom stereocenters. The Morgan fingerprint density at radius 3 is 2.86 bits per heavy atom. The predicted molar refractivity (Wildman–Crippen MR) is 90.8 cm³/mol. The van der Waals surface area contributed by atoms with E-state index in [-0.39, 0.29) is 6.09 Å². The zero-order valence-electron chi connectivity index (χ0n) is 13.7. The summed E-state index contributed by atoms with van der Waals surface area (Å²) in [5, 5.41) is 3.66. The maximum absolute atomic E-state index is 12.3. The zero-order chi connectivity index (χ0) is 15.9. The maximum atomic E-state index is 12.3. The van der Waals surface area contributed by atoms with Gasteiger partial charge in [-0.25, -0.2) is 4.79 Å². The van der Waals surface area contributed by atoms with Crippen molar-refractivity contribution < 1.29 is 9.53 Å². The number of amides is 1. The van der Waals surface area contributed by atoms with E-state index in [1.54, 1.807) is 11.8 Å². The summed E-state index contributed by atoms with van der Waals surface area (Å²) in [4.78, 5) is 15.5. The molecular weight excluding hydrogens is 296 g/mol. The molecule has 1 N–H and O–H groups in total. The minimum Gasteiger partial charge on any atom is -0.444 e. The molecule has 120 valence electrons. The van der Waals surface area contributed by atoms with Gasteiger partial charge in [0, 0.05) is 29.9 Å². The molecule has 1 aromatic rings. The number of fused-ring (bicyclic) bond motifs is 3. The van der Waals surface area contributed by atoms with E-state index in [0.717, 1.165) is 19.5 Å². The first-order chi connectivity index (χ1) is 10.4. The van der Waals surface area contributed by atoms with Crippen molar-refractivity contribution in [1.29, 1.82) is 0 Å². The summed E-state index contributed by atoms with van der Waals surface area (Å²) in [6.45, 7) is 7.22. The van der Waals surface area contributed by atoms with Crippen molar-refractivity contribution in [3.8, 4) is 0 Å². The summed E-state index contributed by atoms with van der Waals surface area (Å²) in [6.07, 6.45) is 2.87. The Labute approximate surface area is 136 Å². The molecule has 4 nitrogen and oxygen atoms in total. The summed E-state index contributed by atoms with van der Waals surface area (Å²) in [7, 11) is 0. The molecule has 2 aliphatic heterocycles. The molecule has 0 saturated carbocycles. The number of hydrogen-bond donors (Lipinski definition) is 1. The fraction of sp³-hybridized carbons (Fsp3) is 0.588. The molecule has 22 heavy (non-hydrogen) atoms. The van der Waals surface area contributed by atoms with Crippen LogP contribution in [0.25, 0.3) is 0 Å². The minimum absolute atomic E-state index is 0.194. The van der Waals surface area contributed by atoms with Crippen molar-refractivity contribution in [3.05, 3.63) is 23.8 Å². The van der Waals surface area contributed by atoms with Gasteiger partial charge in [0.2, 0.25) is 0 Å². The number of carbonyl (C=O) groups excluding carboxylic acids is 1. The van der Waals surface area contributed by atoms with E-state index in [1.165, 1.54) is 16.1 Å². The van der Waals surface area contributed by atoms with Gasteiger partial charge in [-0.05, 0) is 45.1 Å². The number of para-hydroxylation sites is 1. The number of ether oxygens (including phenoxy) is 1. The molecule has 0 radical (unpaired) electrons. The second-order valence-electron chi connectivity index (χ2n) is 7.00. The van der Waals surface area contributed by atoms with Crippen molar-refractivity contribution >= 4 is 23.5 Å². The van der Waals surface area contributed by atoms with Crippen LogP contribution in [0.1, 0.15) is 38.7 Å². The van der Waals surface area contributed by atoms with Crippen molar-refractivity contribution in [2.75, 3.05) is 24.7 Å². The van der Waals surface area contributed by atoms with Crippen LogP contribution in [0.3, 0.4) is 0 Å². The van der Waals surface area contributed by atoms with Gasteiger partial charge in [0.25, 0.3) is 0 Å². The van der Waals surface area contributed by atoms with Crippen LogP contribution < -0.4 is 5.32 Å². The average molecular weight is 320 g/mol. The number of benzene rings is 1. The summed E-state index contributed by atoms with van der Waals surface area (Å²) in [6, 6.07) is 6.88. The van der Waals surface area contributed by atoms with Crippen molar-refractivity contribution in [1.82, 2.24) is 4.90 Å². The van der Waals surface area contributed by atoms with Gasteiger partial charge in [-0.15, -0.1) is 11.8 Å². The van der Waals surface area contributed by atoms with Gasteiger partial charge >= 0.3 is 6.09 Å². The molecule has 0 aromatic heterocycles. The lowest BCUT2D eigenvalue weighted by atomic mass is 9.89.